The molecule has 0 aliphatic rings. The van der Waals surface area contributed by atoms with Crippen molar-refractivity contribution in [2.24, 2.45) is 0 Å². The van der Waals surface area contributed by atoms with Gasteiger partial charge in [0.1, 0.15) is 5.75 Å². The van der Waals surface area contributed by atoms with E-state index < -0.39 is 0 Å². The van der Waals surface area contributed by atoms with Gasteiger partial charge in [-0.15, -0.1) is 10.2 Å². The summed E-state index contributed by atoms with van der Waals surface area (Å²) in [6.45, 7) is 9.19. The third kappa shape index (κ3) is 4.55. The molecule has 2 heterocycles. The van der Waals surface area contributed by atoms with Crippen molar-refractivity contribution < 1.29 is 9.26 Å². The van der Waals surface area contributed by atoms with E-state index in [2.05, 4.69) is 45.7 Å². The Bertz CT molecular complexity index is 888. The first-order chi connectivity index (χ1) is 13.5. The monoisotopic (exact) mass is 401 g/mol. The maximum atomic E-state index is 5.44. The quantitative estimate of drug-likeness (QED) is 0.461. The maximum Gasteiger partial charge on any atom is 0.239 e. The Balaban J connectivity index is 1.86. The highest BCUT2D eigenvalue weighted by molar-refractivity contribution is 7.99. The summed E-state index contributed by atoms with van der Waals surface area (Å²) in [5.41, 5.74) is 1.02. The second-order valence-electron chi connectivity index (χ2n) is 6.95. The molecule has 0 aliphatic heterocycles. The molecule has 0 amide bonds. The average molecular weight is 402 g/mol. The zero-order valence-electron chi connectivity index (χ0n) is 17.0. The Morgan fingerprint density at radius 3 is 2.50 bits per heavy atom. The molecule has 1 unspecified atom stereocenters. The number of nitrogens with zero attached hydrogens (tertiary/aromatic N) is 5. The molecule has 0 spiro atoms. The summed E-state index contributed by atoms with van der Waals surface area (Å²) in [6, 6.07) is 7.90. The Labute approximate surface area is 169 Å². The van der Waals surface area contributed by atoms with Crippen LogP contribution in [-0.4, -0.2) is 32.0 Å². The number of unbranched alkanes of at least 4 members (excludes halogenated alkanes) is 1. The molecule has 0 aliphatic carbocycles. The molecule has 8 heteroatoms. The lowest BCUT2D eigenvalue weighted by atomic mass is 10.2. The molecule has 7 nitrogen and oxygen atoms in total. The van der Waals surface area contributed by atoms with E-state index in [1.165, 1.54) is 0 Å². The van der Waals surface area contributed by atoms with Crippen molar-refractivity contribution in [3.63, 3.8) is 0 Å². The maximum absolute atomic E-state index is 5.44. The van der Waals surface area contributed by atoms with Crippen molar-refractivity contribution in [3.05, 3.63) is 36.0 Å². The van der Waals surface area contributed by atoms with Crippen LogP contribution in [0.15, 0.2) is 33.9 Å². The lowest BCUT2D eigenvalue weighted by molar-refractivity contribution is 0.372. The van der Waals surface area contributed by atoms with E-state index in [-0.39, 0.29) is 11.2 Å². The molecule has 0 radical (unpaired) electrons. The summed E-state index contributed by atoms with van der Waals surface area (Å²) >= 11 is 1.59. The zero-order chi connectivity index (χ0) is 20.1. The molecule has 150 valence electrons. The number of hydrogen-bond donors (Lipinski definition) is 0. The van der Waals surface area contributed by atoms with E-state index in [1.54, 1.807) is 18.9 Å². The predicted octanol–water partition coefficient (Wildman–Crippen LogP) is 5.11. The molecule has 0 saturated carbocycles. The molecule has 1 aromatic carbocycles. The smallest absolute Gasteiger partial charge is 0.239 e. The first-order valence-electron chi connectivity index (χ1n) is 9.61. The molecule has 28 heavy (non-hydrogen) atoms. The van der Waals surface area contributed by atoms with E-state index in [1.807, 2.05) is 31.2 Å². The van der Waals surface area contributed by atoms with Crippen LogP contribution in [0.2, 0.25) is 0 Å². The van der Waals surface area contributed by atoms with Gasteiger partial charge < -0.3 is 13.8 Å². The molecular weight excluding hydrogens is 374 g/mol. The Morgan fingerprint density at radius 2 is 1.89 bits per heavy atom. The third-order valence-electron chi connectivity index (χ3n) is 4.40. The summed E-state index contributed by atoms with van der Waals surface area (Å²) in [4.78, 5) is 4.51. The fraction of sp³-hybridized carbons (Fsp3) is 0.500. The van der Waals surface area contributed by atoms with Crippen molar-refractivity contribution >= 4 is 11.8 Å². The van der Waals surface area contributed by atoms with Gasteiger partial charge in [-0.1, -0.05) is 44.1 Å². The van der Waals surface area contributed by atoms with Crippen LogP contribution in [0.4, 0.5) is 0 Å². The SMILES string of the molecule is CCCCn1c(SC(C)c2nc(C(C)C)no2)nnc1-c1ccc(OC)cc1. The number of benzene rings is 1. The number of ether oxygens (including phenoxy) is 1. The summed E-state index contributed by atoms with van der Waals surface area (Å²) in [7, 11) is 1.66. The fourth-order valence-electron chi connectivity index (χ4n) is 2.70. The fourth-order valence-corrected chi connectivity index (χ4v) is 3.61. The second kappa shape index (κ2) is 9.23. The minimum Gasteiger partial charge on any atom is -0.497 e. The van der Waals surface area contributed by atoms with E-state index in [4.69, 9.17) is 9.26 Å². The molecule has 0 bridgehead atoms. The van der Waals surface area contributed by atoms with Crippen molar-refractivity contribution in [2.75, 3.05) is 7.11 Å². The highest BCUT2D eigenvalue weighted by Gasteiger charge is 2.22. The van der Waals surface area contributed by atoms with Gasteiger partial charge >= 0.3 is 0 Å². The van der Waals surface area contributed by atoms with Crippen molar-refractivity contribution in [2.45, 2.75) is 63.4 Å². The number of hydrogen-bond acceptors (Lipinski definition) is 7. The summed E-state index contributed by atoms with van der Waals surface area (Å²) in [5.74, 6) is 3.27. The summed E-state index contributed by atoms with van der Waals surface area (Å²) < 4.78 is 12.9. The van der Waals surface area contributed by atoms with Crippen molar-refractivity contribution in [3.8, 4) is 17.1 Å². The Hall–Kier alpha value is -2.35. The lowest BCUT2D eigenvalue weighted by Gasteiger charge is -2.11. The normalized spacial score (nSPS) is 12.5. The first-order valence-corrected chi connectivity index (χ1v) is 10.5. The Kier molecular flexibility index (Phi) is 6.72. The highest BCUT2D eigenvalue weighted by atomic mass is 32.2. The van der Waals surface area contributed by atoms with Crippen LogP contribution in [0.25, 0.3) is 11.4 Å². The van der Waals surface area contributed by atoms with Gasteiger partial charge in [0.25, 0.3) is 0 Å². The van der Waals surface area contributed by atoms with Crippen LogP contribution in [0, 0.1) is 0 Å². The van der Waals surface area contributed by atoms with Crippen LogP contribution in [-0.2, 0) is 6.54 Å². The van der Waals surface area contributed by atoms with Crippen LogP contribution in [0.3, 0.4) is 0 Å². The van der Waals surface area contributed by atoms with Crippen LogP contribution >= 0.6 is 11.8 Å². The van der Waals surface area contributed by atoms with Crippen LogP contribution < -0.4 is 4.74 Å². The van der Waals surface area contributed by atoms with Crippen molar-refractivity contribution in [1.29, 1.82) is 0 Å². The number of thioether (sulfide) groups is 1. The van der Waals surface area contributed by atoms with E-state index in [0.29, 0.717) is 5.89 Å². The van der Waals surface area contributed by atoms with E-state index in [0.717, 1.165) is 47.5 Å². The average Bonchev–Trinajstić information content (AvgIpc) is 3.34. The molecule has 0 saturated heterocycles. The van der Waals surface area contributed by atoms with Gasteiger partial charge in [-0.05, 0) is 37.6 Å². The number of methoxy groups -OCH3 is 1. The minimum atomic E-state index is -0.00621. The van der Waals surface area contributed by atoms with E-state index >= 15 is 0 Å². The minimum absolute atomic E-state index is 0.00621. The van der Waals surface area contributed by atoms with Gasteiger partial charge in [0.05, 0.1) is 12.4 Å². The number of rotatable bonds is 9. The standard InChI is InChI=1S/C20H27N5O2S/c1-6-7-12-25-18(15-8-10-16(26-5)11-9-15)22-23-20(25)28-14(4)19-21-17(13(2)3)24-27-19/h8-11,13-14H,6-7,12H2,1-5H3. The molecule has 1 atom stereocenters. The molecule has 3 rings (SSSR count). The van der Waals surface area contributed by atoms with Crippen LogP contribution in [0.5, 0.6) is 5.75 Å². The highest BCUT2D eigenvalue weighted by Crippen LogP contribution is 2.35. The first kappa shape index (κ1) is 20.4. The number of aromatic nitrogens is 5. The molecule has 3 aromatic rings. The zero-order valence-corrected chi connectivity index (χ0v) is 17.9. The summed E-state index contributed by atoms with van der Waals surface area (Å²) in [5, 5.41) is 13.8. The lowest BCUT2D eigenvalue weighted by Crippen LogP contribution is -2.03. The van der Waals surface area contributed by atoms with Gasteiger partial charge in [0.2, 0.25) is 5.89 Å². The van der Waals surface area contributed by atoms with Gasteiger partial charge in [-0.2, -0.15) is 4.98 Å². The van der Waals surface area contributed by atoms with Gasteiger partial charge in [0.15, 0.2) is 16.8 Å². The van der Waals surface area contributed by atoms with Gasteiger partial charge in [-0.25, -0.2) is 0 Å². The second-order valence-corrected chi connectivity index (χ2v) is 8.25. The largest absolute Gasteiger partial charge is 0.497 e. The predicted molar refractivity (Wildman–Crippen MR) is 110 cm³/mol. The molecule has 0 N–H and O–H groups in total. The Morgan fingerprint density at radius 1 is 1.14 bits per heavy atom. The van der Waals surface area contributed by atoms with Crippen molar-refractivity contribution in [1.82, 2.24) is 24.9 Å². The molecule has 0 fully saturated rings. The van der Waals surface area contributed by atoms with Crippen LogP contribution in [0.1, 0.15) is 63.4 Å². The topological polar surface area (TPSA) is 78.9 Å². The van der Waals surface area contributed by atoms with Gasteiger partial charge in [0, 0.05) is 18.0 Å². The molecule has 2 aromatic heterocycles. The summed E-state index contributed by atoms with van der Waals surface area (Å²) in [6.07, 6.45) is 2.16. The molecular formula is C20H27N5O2S. The third-order valence-corrected chi connectivity index (χ3v) is 5.47. The van der Waals surface area contributed by atoms with Gasteiger partial charge in [-0.3, -0.25) is 0 Å². The van der Waals surface area contributed by atoms with E-state index in [9.17, 15) is 0 Å².